The molecular weight excluding hydrogens is 240 g/mol. The number of urea groups is 1. The number of anilines is 1. The summed E-state index contributed by atoms with van der Waals surface area (Å²) in [6.07, 6.45) is 4.58. The first-order valence-corrected chi connectivity index (χ1v) is 6.87. The lowest BCUT2D eigenvalue weighted by Crippen LogP contribution is -2.36. The lowest BCUT2D eigenvalue weighted by atomic mass is 10.1. The Kier molecular flexibility index (Phi) is 6.79. The number of nitrogens with one attached hydrogen (secondary N) is 2. The van der Waals surface area contributed by atoms with Crippen molar-refractivity contribution in [3.63, 3.8) is 0 Å². The fourth-order valence-electron chi connectivity index (χ4n) is 1.84. The predicted molar refractivity (Wildman–Crippen MR) is 78.8 cm³/mol. The van der Waals surface area contributed by atoms with Crippen molar-refractivity contribution in [2.45, 2.75) is 45.6 Å². The number of ether oxygens (including phenoxy) is 1. The Morgan fingerprint density at radius 2 is 1.95 bits per heavy atom. The molecule has 106 valence electrons. The highest BCUT2D eigenvalue weighted by Crippen LogP contribution is 2.14. The van der Waals surface area contributed by atoms with Crippen LogP contribution in [0.3, 0.4) is 0 Å². The molecule has 0 unspecified atom stereocenters. The molecule has 0 bridgehead atoms. The van der Waals surface area contributed by atoms with E-state index < -0.39 is 0 Å². The third-order valence-corrected chi connectivity index (χ3v) is 2.97. The van der Waals surface area contributed by atoms with Crippen molar-refractivity contribution in [3.8, 4) is 5.75 Å². The van der Waals surface area contributed by atoms with Crippen molar-refractivity contribution < 1.29 is 9.53 Å². The topological polar surface area (TPSA) is 50.4 Å². The first-order chi connectivity index (χ1) is 9.15. The van der Waals surface area contributed by atoms with E-state index >= 15 is 0 Å². The highest BCUT2D eigenvalue weighted by Gasteiger charge is 2.06. The van der Waals surface area contributed by atoms with E-state index in [1.807, 2.05) is 31.2 Å². The molecule has 0 aliphatic heterocycles. The smallest absolute Gasteiger partial charge is 0.319 e. The monoisotopic (exact) mass is 264 g/mol. The van der Waals surface area contributed by atoms with E-state index in [2.05, 4.69) is 17.6 Å². The molecule has 0 spiro atoms. The molecule has 0 aromatic heterocycles. The second-order valence-electron chi connectivity index (χ2n) is 4.72. The van der Waals surface area contributed by atoms with Crippen molar-refractivity contribution >= 4 is 11.7 Å². The summed E-state index contributed by atoms with van der Waals surface area (Å²) in [4.78, 5) is 11.8. The van der Waals surface area contributed by atoms with Crippen LogP contribution < -0.4 is 15.4 Å². The van der Waals surface area contributed by atoms with Crippen LogP contribution in [-0.4, -0.2) is 19.2 Å². The molecule has 0 saturated heterocycles. The quantitative estimate of drug-likeness (QED) is 0.736. The summed E-state index contributed by atoms with van der Waals surface area (Å²) in [6.45, 7) is 4.21. The maximum absolute atomic E-state index is 11.8. The highest BCUT2D eigenvalue weighted by atomic mass is 16.5. The minimum absolute atomic E-state index is 0.158. The number of carbonyl (C=O) groups excluding carboxylic acids is 1. The van der Waals surface area contributed by atoms with Crippen molar-refractivity contribution in [3.05, 3.63) is 24.3 Å². The number of unbranched alkanes of at least 4 members (excludes halogenated alkanes) is 2. The first kappa shape index (κ1) is 15.3. The van der Waals surface area contributed by atoms with Crippen LogP contribution in [0.1, 0.15) is 39.5 Å². The van der Waals surface area contributed by atoms with Gasteiger partial charge in [-0.15, -0.1) is 0 Å². The minimum atomic E-state index is -0.158. The van der Waals surface area contributed by atoms with Crippen molar-refractivity contribution in [2.75, 3.05) is 12.4 Å². The van der Waals surface area contributed by atoms with Gasteiger partial charge in [-0.05, 0) is 37.6 Å². The lowest BCUT2D eigenvalue weighted by molar-refractivity contribution is 0.248. The van der Waals surface area contributed by atoms with Gasteiger partial charge in [-0.25, -0.2) is 4.79 Å². The highest BCUT2D eigenvalue weighted by molar-refractivity contribution is 5.89. The van der Waals surface area contributed by atoms with Gasteiger partial charge in [0.1, 0.15) is 5.75 Å². The van der Waals surface area contributed by atoms with Gasteiger partial charge in [-0.1, -0.05) is 26.2 Å². The maximum atomic E-state index is 11.8. The summed E-state index contributed by atoms with van der Waals surface area (Å²) >= 11 is 0. The number of methoxy groups -OCH3 is 1. The summed E-state index contributed by atoms with van der Waals surface area (Å²) in [5.74, 6) is 0.777. The third kappa shape index (κ3) is 6.13. The van der Waals surface area contributed by atoms with Crippen LogP contribution in [0.15, 0.2) is 24.3 Å². The Balaban J connectivity index is 2.33. The summed E-state index contributed by atoms with van der Waals surface area (Å²) in [7, 11) is 1.62. The van der Waals surface area contributed by atoms with Crippen LogP contribution in [-0.2, 0) is 0 Å². The van der Waals surface area contributed by atoms with Crippen LogP contribution >= 0.6 is 0 Å². The van der Waals surface area contributed by atoms with Gasteiger partial charge < -0.3 is 15.4 Å². The van der Waals surface area contributed by atoms with Crippen LogP contribution in [0, 0.1) is 0 Å². The molecule has 1 aromatic rings. The number of hydrogen-bond donors (Lipinski definition) is 2. The molecule has 0 aliphatic rings. The molecule has 2 amide bonds. The Morgan fingerprint density at radius 1 is 1.26 bits per heavy atom. The summed E-state index contributed by atoms with van der Waals surface area (Å²) in [5, 5.41) is 5.74. The van der Waals surface area contributed by atoms with Crippen LogP contribution in [0.5, 0.6) is 5.75 Å². The number of amides is 2. The SMILES string of the molecule is CCCCC[C@H](C)NC(=O)Nc1ccc(OC)cc1. The molecule has 1 aromatic carbocycles. The Morgan fingerprint density at radius 3 is 2.53 bits per heavy atom. The second-order valence-corrected chi connectivity index (χ2v) is 4.72. The molecule has 2 N–H and O–H groups in total. The van der Waals surface area contributed by atoms with Crippen molar-refractivity contribution in [2.24, 2.45) is 0 Å². The van der Waals surface area contributed by atoms with Crippen LogP contribution in [0.4, 0.5) is 10.5 Å². The molecule has 4 heteroatoms. The van der Waals surface area contributed by atoms with Crippen LogP contribution in [0.2, 0.25) is 0 Å². The zero-order valence-electron chi connectivity index (χ0n) is 12.0. The lowest BCUT2D eigenvalue weighted by Gasteiger charge is -2.14. The minimum Gasteiger partial charge on any atom is -0.497 e. The van der Waals surface area contributed by atoms with E-state index in [4.69, 9.17) is 4.74 Å². The summed E-state index contributed by atoms with van der Waals surface area (Å²) in [5.41, 5.74) is 0.763. The Hall–Kier alpha value is -1.71. The van der Waals surface area contributed by atoms with E-state index in [-0.39, 0.29) is 12.1 Å². The first-order valence-electron chi connectivity index (χ1n) is 6.87. The zero-order chi connectivity index (χ0) is 14.1. The number of benzene rings is 1. The Bertz CT molecular complexity index is 376. The predicted octanol–water partition coefficient (Wildman–Crippen LogP) is 3.79. The molecular formula is C15H24N2O2. The Labute approximate surface area is 115 Å². The third-order valence-electron chi connectivity index (χ3n) is 2.97. The molecule has 0 saturated carbocycles. The molecule has 4 nitrogen and oxygen atoms in total. The number of carbonyl (C=O) groups is 1. The maximum Gasteiger partial charge on any atom is 0.319 e. The zero-order valence-corrected chi connectivity index (χ0v) is 12.0. The number of hydrogen-bond acceptors (Lipinski definition) is 2. The van der Waals surface area contributed by atoms with E-state index in [1.165, 1.54) is 12.8 Å². The van der Waals surface area contributed by atoms with Gasteiger partial charge >= 0.3 is 6.03 Å². The van der Waals surface area contributed by atoms with Crippen LogP contribution in [0.25, 0.3) is 0 Å². The molecule has 0 aliphatic carbocycles. The fourth-order valence-corrected chi connectivity index (χ4v) is 1.84. The average molecular weight is 264 g/mol. The molecule has 0 heterocycles. The fraction of sp³-hybridized carbons (Fsp3) is 0.533. The van der Waals surface area contributed by atoms with Crippen molar-refractivity contribution in [1.82, 2.24) is 5.32 Å². The largest absolute Gasteiger partial charge is 0.497 e. The molecule has 19 heavy (non-hydrogen) atoms. The van der Waals surface area contributed by atoms with Gasteiger partial charge in [0.2, 0.25) is 0 Å². The summed E-state index contributed by atoms with van der Waals surface area (Å²) in [6, 6.07) is 7.32. The van der Waals surface area contributed by atoms with Gasteiger partial charge in [-0.2, -0.15) is 0 Å². The van der Waals surface area contributed by atoms with E-state index in [0.717, 1.165) is 24.3 Å². The standard InChI is InChI=1S/C15H24N2O2/c1-4-5-6-7-12(2)16-15(18)17-13-8-10-14(19-3)11-9-13/h8-12H,4-7H2,1-3H3,(H2,16,17,18)/t12-/m0/s1. The second kappa shape index (κ2) is 8.40. The summed E-state index contributed by atoms with van der Waals surface area (Å²) < 4.78 is 5.07. The molecule has 0 radical (unpaired) electrons. The average Bonchev–Trinajstić information content (AvgIpc) is 2.39. The van der Waals surface area contributed by atoms with Gasteiger partial charge in [0.15, 0.2) is 0 Å². The van der Waals surface area contributed by atoms with E-state index in [0.29, 0.717) is 0 Å². The van der Waals surface area contributed by atoms with Gasteiger partial charge in [0.25, 0.3) is 0 Å². The molecule has 1 atom stereocenters. The van der Waals surface area contributed by atoms with Gasteiger partial charge in [0, 0.05) is 11.7 Å². The number of rotatable bonds is 7. The van der Waals surface area contributed by atoms with Crippen molar-refractivity contribution in [1.29, 1.82) is 0 Å². The van der Waals surface area contributed by atoms with E-state index in [1.54, 1.807) is 7.11 Å². The van der Waals surface area contributed by atoms with E-state index in [9.17, 15) is 4.79 Å². The normalized spacial score (nSPS) is 11.7. The van der Waals surface area contributed by atoms with Gasteiger partial charge in [0.05, 0.1) is 7.11 Å². The molecule has 1 rings (SSSR count). The van der Waals surface area contributed by atoms with Gasteiger partial charge in [-0.3, -0.25) is 0 Å². The molecule has 0 fully saturated rings.